The van der Waals surface area contributed by atoms with Gasteiger partial charge in [0.2, 0.25) is 15.2 Å². The van der Waals surface area contributed by atoms with Crippen molar-refractivity contribution in [3.8, 4) is 0 Å². The Morgan fingerprint density at radius 2 is 2.00 bits per heavy atom. The molecule has 0 aliphatic carbocycles. The van der Waals surface area contributed by atoms with E-state index in [1.54, 1.807) is 0 Å². The summed E-state index contributed by atoms with van der Waals surface area (Å²) in [5, 5.41) is 10.4. The number of hydrogen-bond donors (Lipinski definition) is 1. The lowest BCUT2D eigenvalue weighted by Crippen LogP contribution is -2.35. The summed E-state index contributed by atoms with van der Waals surface area (Å²) in [6, 6.07) is 4.16. The summed E-state index contributed by atoms with van der Waals surface area (Å²) in [5.41, 5.74) is 1.57. The Bertz CT molecular complexity index is 834. The Kier molecular flexibility index (Phi) is 5.14. The van der Waals surface area contributed by atoms with E-state index in [9.17, 15) is 13.2 Å². The number of aromatic nitrogens is 2. The van der Waals surface area contributed by atoms with Crippen molar-refractivity contribution in [1.29, 1.82) is 0 Å². The number of carbonyl (C=O) groups is 1. The van der Waals surface area contributed by atoms with Crippen molar-refractivity contribution in [1.82, 2.24) is 14.5 Å². The number of benzene rings is 1. The molecule has 0 unspecified atom stereocenters. The van der Waals surface area contributed by atoms with Gasteiger partial charge in [0.05, 0.1) is 15.5 Å². The smallest absolute Gasteiger partial charge is 0.259 e. The fourth-order valence-corrected chi connectivity index (χ4v) is 4.67. The van der Waals surface area contributed by atoms with Crippen LogP contribution in [0.4, 0.5) is 5.13 Å². The molecule has 1 saturated heterocycles. The van der Waals surface area contributed by atoms with E-state index >= 15 is 0 Å². The normalized spacial score (nSPS) is 16.0. The monoisotopic (exact) mass is 386 g/mol. The summed E-state index contributed by atoms with van der Waals surface area (Å²) in [6.45, 7) is 0.995. The maximum Gasteiger partial charge on any atom is 0.259 e. The number of hydrogen-bond acceptors (Lipinski definition) is 6. The van der Waals surface area contributed by atoms with Gasteiger partial charge in [-0.1, -0.05) is 29.4 Å². The Balaban J connectivity index is 1.89. The van der Waals surface area contributed by atoms with Crippen LogP contribution in [0.15, 0.2) is 28.6 Å². The predicted octanol–water partition coefficient (Wildman–Crippen LogP) is 2.62. The summed E-state index contributed by atoms with van der Waals surface area (Å²) in [4.78, 5) is 12.4. The highest BCUT2D eigenvalue weighted by Gasteiger charge is 2.27. The van der Waals surface area contributed by atoms with Crippen molar-refractivity contribution in [2.45, 2.75) is 24.2 Å². The highest BCUT2D eigenvalue weighted by Crippen LogP contribution is 2.26. The average Bonchev–Trinajstić information content (AvgIpc) is 3.08. The van der Waals surface area contributed by atoms with Crippen LogP contribution in [0.25, 0.3) is 0 Å². The summed E-state index contributed by atoms with van der Waals surface area (Å²) < 4.78 is 26.9. The standard InChI is InChI=1S/C14H15ClN4O3S2/c15-12-5-4-10(24(21,22)19-6-2-1-3-7-19)8-11(12)13(20)17-14-18-16-9-23-14/h4-5,8-9H,1-3,6-7H2,(H,17,18,20). The molecule has 1 aliphatic rings. The van der Waals surface area contributed by atoms with Crippen LogP contribution in [-0.4, -0.2) is 41.9 Å². The first kappa shape index (κ1) is 17.3. The SMILES string of the molecule is O=C(Nc1nncs1)c1cc(S(=O)(=O)N2CCCCC2)ccc1Cl. The van der Waals surface area contributed by atoms with Gasteiger partial charge in [-0.15, -0.1) is 10.2 Å². The van der Waals surface area contributed by atoms with Crippen molar-refractivity contribution < 1.29 is 13.2 Å². The lowest BCUT2D eigenvalue weighted by Gasteiger charge is -2.26. The molecule has 1 N–H and O–H groups in total. The fraction of sp³-hybridized carbons (Fsp3) is 0.357. The van der Waals surface area contributed by atoms with E-state index in [-0.39, 0.29) is 15.5 Å². The van der Waals surface area contributed by atoms with Gasteiger partial charge in [0.1, 0.15) is 5.51 Å². The van der Waals surface area contributed by atoms with Gasteiger partial charge in [-0.2, -0.15) is 4.31 Å². The third-order valence-corrected chi connectivity index (χ3v) is 6.55. The zero-order valence-electron chi connectivity index (χ0n) is 12.6. The number of carbonyl (C=O) groups excluding carboxylic acids is 1. The van der Waals surface area contributed by atoms with Gasteiger partial charge in [0, 0.05) is 13.1 Å². The first-order valence-corrected chi connectivity index (χ1v) is 10.1. The summed E-state index contributed by atoms with van der Waals surface area (Å²) >= 11 is 7.23. The molecule has 24 heavy (non-hydrogen) atoms. The lowest BCUT2D eigenvalue weighted by molar-refractivity contribution is 0.102. The number of rotatable bonds is 4. The summed E-state index contributed by atoms with van der Waals surface area (Å²) in [6.07, 6.45) is 2.72. The second-order valence-corrected chi connectivity index (χ2v) is 8.48. The number of halogens is 1. The van der Waals surface area contributed by atoms with E-state index in [1.165, 1.54) is 28.0 Å². The van der Waals surface area contributed by atoms with Crippen LogP contribution in [0.1, 0.15) is 29.6 Å². The van der Waals surface area contributed by atoms with Crippen LogP contribution in [0.3, 0.4) is 0 Å². The number of nitrogens with zero attached hydrogens (tertiary/aromatic N) is 3. The second kappa shape index (κ2) is 7.14. The molecule has 0 spiro atoms. The molecule has 1 aromatic heterocycles. The molecular formula is C14H15ClN4O3S2. The van der Waals surface area contributed by atoms with Crippen molar-refractivity contribution in [3.63, 3.8) is 0 Å². The number of nitrogens with one attached hydrogen (secondary N) is 1. The molecule has 0 bridgehead atoms. The van der Waals surface area contributed by atoms with E-state index in [0.29, 0.717) is 18.2 Å². The quantitative estimate of drug-likeness (QED) is 0.871. The van der Waals surface area contributed by atoms with Crippen LogP contribution < -0.4 is 5.32 Å². The molecule has 1 fully saturated rings. The van der Waals surface area contributed by atoms with Crippen LogP contribution in [0.2, 0.25) is 5.02 Å². The van der Waals surface area contributed by atoms with Crippen LogP contribution in [0.5, 0.6) is 0 Å². The summed E-state index contributed by atoms with van der Waals surface area (Å²) in [7, 11) is -3.63. The van der Waals surface area contributed by atoms with Crippen molar-refractivity contribution in [2.24, 2.45) is 0 Å². The molecule has 10 heteroatoms. The maximum absolute atomic E-state index is 12.7. The van der Waals surface area contributed by atoms with E-state index in [2.05, 4.69) is 15.5 Å². The van der Waals surface area contributed by atoms with Gasteiger partial charge in [-0.05, 0) is 31.0 Å². The molecule has 7 nitrogen and oxygen atoms in total. The minimum Gasteiger partial charge on any atom is -0.296 e. The van der Waals surface area contributed by atoms with Gasteiger partial charge < -0.3 is 0 Å². The molecule has 128 valence electrons. The highest BCUT2D eigenvalue weighted by atomic mass is 35.5. The van der Waals surface area contributed by atoms with Crippen molar-refractivity contribution in [3.05, 3.63) is 34.3 Å². The van der Waals surface area contributed by atoms with Gasteiger partial charge in [0.15, 0.2) is 0 Å². The minimum atomic E-state index is -3.63. The number of amides is 1. The average molecular weight is 387 g/mol. The number of piperidine rings is 1. The Morgan fingerprint density at radius 1 is 1.25 bits per heavy atom. The Hall–Kier alpha value is -1.55. The minimum absolute atomic E-state index is 0.0659. The van der Waals surface area contributed by atoms with Gasteiger partial charge >= 0.3 is 0 Å². The van der Waals surface area contributed by atoms with E-state index in [0.717, 1.165) is 30.6 Å². The predicted molar refractivity (Wildman–Crippen MR) is 91.9 cm³/mol. The van der Waals surface area contributed by atoms with E-state index in [1.807, 2.05) is 0 Å². The van der Waals surface area contributed by atoms with E-state index in [4.69, 9.17) is 11.6 Å². The third-order valence-electron chi connectivity index (χ3n) is 3.72. The molecule has 2 heterocycles. The molecule has 3 rings (SSSR count). The van der Waals surface area contributed by atoms with Gasteiger partial charge in [-0.3, -0.25) is 10.1 Å². The molecule has 1 aromatic carbocycles. The van der Waals surface area contributed by atoms with Crippen molar-refractivity contribution in [2.75, 3.05) is 18.4 Å². The van der Waals surface area contributed by atoms with E-state index < -0.39 is 15.9 Å². The van der Waals surface area contributed by atoms with Crippen LogP contribution in [-0.2, 0) is 10.0 Å². The zero-order chi connectivity index (χ0) is 17.2. The highest BCUT2D eigenvalue weighted by molar-refractivity contribution is 7.89. The number of anilines is 1. The topological polar surface area (TPSA) is 92.3 Å². The lowest BCUT2D eigenvalue weighted by atomic mass is 10.2. The Morgan fingerprint density at radius 3 is 2.67 bits per heavy atom. The van der Waals surface area contributed by atoms with Gasteiger partial charge in [-0.25, -0.2) is 8.42 Å². The molecule has 2 aromatic rings. The maximum atomic E-state index is 12.7. The number of sulfonamides is 1. The first-order valence-electron chi connectivity index (χ1n) is 7.36. The fourth-order valence-electron chi connectivity index (χ4n) is 2.49. The van der Waals surface area contributed by atoms with Crippen LogP contribution >= 0.6 is 22.9 Å². The largest absolute Gasteiger partial charge is 0.296 e. The Labute approximate surface area is 148 Å². The second-order valence-electron chi connectivity index (χ2n) is 5.30. The zero-order valence-corrected chi connectivity index (χ0v) is 15.0. The molecule has 1 aliphatic heterocycles. The first-order chi connectivity index (χ1) is 11.5. The molecule has 0 radical (unpaired) electrons. The van der Waals surface area contributed by atoms with Gasteiger partial charge in [0.25, 0.3) is 5.91 Å². The van der Waals surface area contributed by atoms with Crippen LogP contribution in [0, 0.1) is 0 Å². The molecular weight excluding hydrogens is 372 g/mol. The molecule has 0 saturated carbocycles. The third kappa shape index (κ3) is 3.59. The molecule has 0 atom stereocenters. The summed E-state index contributed by atoms with van der Waals surface area (Å²) in [5.74, 6) is -0.521. The molecule has 1 amide bonds. The van der Waals surface area contributed by atoms with Crippen molar-refractivity contribution >= 4 is 44.0 Å².